The number of hydrogen-bond acceptors (Lipinski definition) is 5. The highest BCUT2D eigenvalue weighted by Gasteiger charge is 2.25. The summed E-state index contributed by atoms with van der Waals surface area (Å²) < 4.78 is 2.09. The van der Waals surface area contributed by atoms with Gasteiger partial charge in [0, 0.05) is 38.0 Å². The van der Waals surface area contributed by atoms with Gasteiger partial charge >= 0.3 is 0 Å². The second kappa shape index (κ2) is 12.5. The molecule has 29 heavy (non-hydrogen) atoms. The number of rotatable bonds is 8. The zero-order valence-electron chi connectivity index (χ0n) is 17.7. The highest BCUT2D eigenvalue weighted by atomic mass is 127. The molecule has 0 aromatic carbocycles. The average molecular weight is 532 g/mol. The summed E-state index contributed by atoms with van der Waals surface area (Å²) in [5, 5.41) is 17.3. The molecule has 2 aromatic heterocycles. The number of thiophene rings is 1. The van der Waals surface area contributed by atoms with Crippen LogP contribution in [0.25, 0.3) is 0 Å². The van der Waals surface area contributed by atoms with Crippen LogP contribution in [0, 0.1) is 5.92 Å². The van der Waals surface area contributed by atoms with Crippen LogP contribution < -0.4 is 10.6 Å². The third-order valence-corrected chi connectivity index (χ3v) is 6.45. The summed E-state index contributed by atoms with van der Waals surface area (Å²) in [5.41, 5.74) is 0. The summed E-state index contributed by atoms with van der Waals surface area (Å²) in [6.45, 7) is 9.28. The molecule has 0 radical (unpaired) electrons. The van der Waals surface area contributed by atoms with Gasteiger partial charge in [0.1, 0.15) is 12.2 Å². The molecule has 2 aromatic rings. The summed E-state index contributed by atoms with van der Waals surface area (Å²) in [7, 11) is 1.83. The lowest BCUT2D eigenvalue weighted by Gasteiger charge is -2.36. The van der Waals surface area contributed by atoms with Crippen molar-refractivity contribution in [2.24, 2.45) is 10.9 Å². The van der Waals surface area contributed by atoms with Gasteiger partial charge in [0.15, 0.2) is 5.96 Å². The standard InChI is InChI=1S/C20H33N7S.HI/c1-4-19-25-24-15-27(19)12-9-22-20(21-3)23-14-17(18-6-5-13-28-18)26-10-7-16(2)8-11-26;/h5-6,13,15-17H,4,7-12,14H2,1-3H3,(H2,21,22,23);1H. The Morgan fingerprint density at radius 3 is 2.79 bits per heavy atom. The number of aromatic nitrogens is 3. The van der Waals surface area contributed by atoms with Crippen molar-refractivity contribution in [3.05, 3.63) is 34.5 Å². The number of aliphatic imine (C=N–C) groups is 1. The maximum Gasteiger partial charge on any atom is 0.191 e. The van der Waals surface area contributed by atoms with Crippen molar-refractivity contribution in [1.29, 1.82) is 0 Å². The first kappa shape index (κ1) is 24.1. The highest BCUT2D eigenvalue weighted by Crippen LogP contribution is 2.28. The second-order valence-electron chi connectivity index (χ2n) is 7.42. The Balaban J connectivity index is 0.00000300. The van der Waals surface area contributed by atoms with Crippen LogP contribution >= 0.6 is 35.3 Å². The third-order valence-electron chi connectivity index (χ3n) is 5.47. The van der Waals surface area contributed by atoms with Crippen molar-refractivity contribution in [2.75, 3.05) is 33.2 Å². The summed E-state index contributed by atoms with van der Waals surface area (Å²) in [6, 6.07) is 4.80. The van der Waals surface area contributed by atoms with Gasteiger partial charge < -0.3 is 15.2 Å². The molecule has 1 aliphatic rings. The van der Waals surface area contributed by atoms with Crippen molar-refractivity contribution in [1.82, 2.24) is 30.3 Å². The van der Waals surface area contributed by atoms with E-state index in [2.05, 4.69) is 66.7 Å². The molecule has 0 saturated carbocycles. The van der Waals surface area contributed by atoms with Crippen LogP contribution in [-0.2, 0) is 13.0 Å². The predicted molar refractivity (Wildman–Crippen MR) is 131 cm³/mol. The molecule has 0 spiro atoms. The predicted octanol–water partition coefficient (Wildman–Crippen LogP) is 3.16. The van der Waals surface area contributed by atoms with Gasteiger partial charge in [-0.3, -0.25) is 9.89 Å². The molecule has 1 fully saturated rings. The van der Waals surface area contributed by atoms with Crippen LogP contribution in [0.4, 0.5) is 0 Å². The molecule has 7 nitrogen and oxygen atoms in total. The molecule has 162 valence electrons. The molecule has 0 aliphatic carbocycles. The number of likely N-dealkylation sites (tertiary alicyclic amines) is 1. The summed E-state index contributed by atoms with van der Waals surface area (Å²) in [6.07, 6.45) is 5.26. The number of hydrogen-bond donors (Lipinski definition) is 2. The van der Waals surface area contributed by atoms with Gasteiger partial charge in [-0.25, -0.2) is 0 Å². The van der Waals surface area contributed by atoms with E-state index in [4.69, 9.17) is 0 Å². The van der Waals surface area contributed by atoms with E-state index in [1.54, 1.807) is 6.33 Å². The van der Waals surface area contributed by atoms with Gasteiger partial charge in [0.2, 0.25) is 0 Å². The summed E-state index contributed by atoms with van der Waals surface area (Å²) >= 11 is 1.85. The van der Waals surface area contributed by atoms with Crippen molar-refractivity contribution in [3.8, 4) is 0 Å². The highest BCUT2D eigenvalue weighted by molar-refractivity contribution is 14.0. The molecule has 2 N–H and O–H groups in total. The van der Waals surface area contributed by atoms with Crippen molar-refractivity contribution >= 4 is 41.3 Å². The smallest absolute Gasteiger partial charge is 0.191 e. The monoisotopic (exact) mass is 531 g/mol. The fourth-order valence-electron chi connectivity index (χ4n) is 3.68. The SMILES string of the molecule is CCc1nncn1CCNC(=NC)NCC(c1cccs1)N1CCC(C)CC1.I. The lowest BCUT2D eigenvalue weighted by Crippen LogP contribution is -2.45. The Morgan fingerprint density at radius 2 is 2.14 bits per heavy atom. The molecule has 1 unspecified atom stereocenters. The lowest BCUT2D eigenvalue weighted by atomic mass is 9.97. The minimum absolute atomic E-state index is 0. The molecular weight excluding hydrogens is 497 g/mol. The van der Waals surface area contributed by atoms with Crippen LogP contribution in [0.15, 0.2) is 28.8 Å². The van der Waals surface area contributed by atoms with Gasteiger partial charge in [-0.1, -0.05) is 19.9 Å². The topological polar surface area (TPSA) is 70.4 Å². The molecule has 3 heterocycles. The molecule has 9 heteroatoms. The Labute approximate surface area is 195 Å². The minimum atomic E-state index is 0. The molecule has 1 saturated heterocycles. The van der Waals surface area contributed by atoms with Crippen LogP contribution in [0.5, 0.6) is 0 Å². The Bertz CT molecular complexity index is 723. The number of aryl methyl sites for hydroxylation is 1. The van der Waals surface area contributed by atoms with Crippen LogP contribution in [-0.4, -0.2) is 58.9 Å². The summed E-state index contributed by atoms with van der Waals surface area (Å²) in [4.78, 5) is 8.45. The summed E-state index contributed by atoms with van der Waals surface area (Å²) in [5.74, 6) is 2.70. The molecular formula is C20H34IN7S. The van der Waals surface area contributed by atoms with E-state index in [0.29, 0.717) is 6.04 Å². The molecule has 0 amide bonds. The van der Waals surface area contributed by atoms with Crippen LogP contribution in [0.3, 0.4) is 0 Å². The zero-order valence-corrected chi connectivity index (χ0v) is 20.8. The second-order valence-corrected chi connectivity index (χ2v) is 8.40. The van der Waals surface area contributed by atoms with Gasteiger partial charge in [-0.15, -0.1) is 45.5 Å². The number of nitrogens with one attached hydrogen (secondary N) is 2. The quantitative estimate of drug-likeness (QED) is 0.311. The molecule has 1 atom stereocenters. The van der Waals surface area contributed by atoms with Crippen LogP contribution in [0.1, 0.15) is 43.4 Å². The molecule has 1 aliphatic heterocycles. The van der Waals surface area contributed by atoms with Gasteiger partial charge in [0.05, 0.1) is 6.04 Å². The maximum absolute atomic E-state index is 4.40. The molecule has 0 bridgehead atoms. The van der Waals surface area contributed by atoms with E-state index in [0.717, 1.165) is 43.8 Å². The first-order valence-electron chi connectivity index (χ1n) is 10.3. The number of piperidine rings is 1. The Kier molecular flexibility index (Phi) is 10.4. The number of halogens is 1. The number of nitrogens with zero attached hydrogens (tertiary/aromatic N) is 5. The van der Waals surface area contributed by atoms with Crippen molar-refractivity contribution < 1.29 is 0 Å². The number of guanidine groups is 1. The van der Waals surface area contributed by atoms with Gasteiger partial charge in [-0.05, 0) is 43.3 Å². The average Bonchev–Trinajstić information content (AvgIpc) is 3.40. The van der Waals surface area contributed by atoms with E-state index in [1.807, 2.05) is 18.4 Å². The largest absolute Gasteiger partial charge is 0.355 e. The first-order valence-corrected chi connectivity index (χ1v) is 11.2. The normalized spacial score (nSPS) is 17.0. The van der Waals surface area contributed by atoms with E-state index in [1.165, 1.54) is 30.8 Å². The molecule has 3 rings (SSSR count). The maximum atomic E-state index is 4.40. The minimum Gasteiger partial charge on any atom is -0.355 e. The fourth-order valence-corrected chi connectivity index (χ4v) is 4.54. The fraction of sp³-hybridized carbons (Fsp3) is 0.650. The zero-order chi connectivity index (χ0) is 19.8. The Morgan fingerprint density at radius 1 is 1.34 bits per heavy atom. The van der Waals surface area contributed by atoms with E-state index >= 15 is 0 Å². The van der Waals surface area contributed by atoms with Gasteiger partial charge in [0.25, 0.3) is 0 Å². The van der Waals surface area contributed by atoms with Gasteiger partial charge in [-0.2, -0.15) is 0 Å². The third kappa shape index (κ3) is 6.92. The van der Waals surface area contributed by atoms with E-state index in [9.17, 15) is 0 Å². The van der Waals surface area contributed by atoms with E-state index < -0.39 is 0 Å². The van der Waals surface area contributed by atoms with Crippen LogP contribution in [0.2, 0.25) is 0 Å². The lowest BCUT2D eigenvalue weighted by molar-refractivity contribution is 0.140. The van der Waals surface area contributed by atoms with Crippen molar-refractivity contribution in [3.63, 3.8) is 0 Å². The van der Waals surface area contributed by atoms with E-state index in [-0.39, 0.29) is 24.0 Å². The first-order chi connectivity index (χ1) is 13.7. The Hall–Kier alpha value is -1.20. The van der Waals surface area contributed by atoms with Crippen molar-refractivity contribution in [2.45, 2.75) is 45.7 Å².